The van der Waals surface area contributed by atoms with Crippen LogP contribution in [0.5, 0.6) is 0 Å². The quantitative estimate of drug-likeness (QED) is 0.199. The molecule has 0 spiro atoms. The van der Waals surface area contributed by atoms with Gasteiger partial charge in [0.25, 0.3) is 0 Å². The van der Waals surface area contributed by atoms with Gasteiger partial charge in [0.2, 0.25) is 0 Å². The number of unbranched alkanes of at least 4 members (excludes halogenated alkanes) is 6. The van der Waals surface area contributed by atoms with Crippen LogP contribution in [0, 0.1) is 6.92 Å². The van der Waals surface area contributed by atoms with E-state index in [-0.39, 0.29) is 4.90 Å². The van der Waals surface area contributed by atoms with Crippen molar-refractivity contribution < 1.29 is 17.5 Å². The minimum absolute atomic E-state index is 0.178. The maximum absolute atomic E-state index is 10.4. The first kappa shape index (κ1) is 26.4. The van der Waals surface area contributed by atoms with E-state index in [1.807, 2.05) is 6.92 Å². The lowest BCUT2D eigenvalue weighted by Gasteiger charge is -2.29. The molecular formula is C21H38ClNO3S. The van der Waals surface area contributed by atoms with Crippen molar-refractivity contribution in [2.24, 2.45) is 0 Å². The number of rotatable bonds is 12. The predicted molar refractivity (Wildman–Crippen MR) is 114 cm³/mol. The standard InChI is InChI=1S/C14H31ClN.C7H8O3S/c1-4-5-6-7-8-10-13-16(2,3)14-11-9-12-15;1-6-2-4-7(5-3-6)11(8,9)10/h4-14H2,1-3H3;2-5H,1H3,(H,8,9,10)/q+1;/p-1. The fourth-order valence-corrected chi connectivity index (χ4v) is 3.43. The van der Waals surface area contributed by atoms with Crippen LogP contribution in [0.25, 0.3) is 0 Å². The van der Waals surface area contributed by atoms with Crippen molar-refractivity contribution in [3.63, 3.8) is 0 Å². The molecule has 0 unspecified atom stereocenters. The summed E-state index contributed by atoms with van der Waals surface area (Å²) in [5.41, 5.74) is 0.928. The van der Waals surface area contributed by atoms with Crippen LogP contribution in [-0.2, 0) is 10.1 Å². The molecule has 0 fully saturated rings. The van der Waals surface area contributed by atoms with Gasteiger partial charge in [-0.15, -0.1) is 11.6 Å². The zero-order valence-corrected chi connectivity index (χ0v) is 19.1. The molecule has 0 aromatic heterocycles. The van der Waals surface area contributed by atoms with Crippen LogP contribution >= 0.6 is 11.6 Å². The van der Waals surface area contributed by atoms with Gasteiger partial charge in [-0.3, -0.25) is 0 Å². The molecule has 0 heterocycles. The highest BCUT2D eigenvalue weighted by molar-refractivity contribution is 7.85. The van der Waals surface area contributed by atoms with Crippen LogP contribution < -0.4 is 0 Å². The van der Waals surface area contributed by atoms with E-state index in [9.17, 15) is 13.0 Å². The lowest BCUT2D eigenvalue weighted by Crippen LogP contribution is -2.41. The first-order valence-corrected chi connectivity index (χ1v) is 12.0. The van der Waals surface area contributed by atoms with Crippen LogP contribution in [0.4, 0.5) is 0 Å². The van der Waals surface area contributed by atoms with Gasteiger partial charge < -0.3 is 9.04 Å². The molecule has 27 heavy (non-hydrogen) atoms. The number of hydrogen-bond donors (Lipinski definition) is 0. The molecule has 158 valence electrons. The van der Waals surface area contributed by atoms with Crippen LogP contribution in [0.2, 0.25) is 0 Å². The van der Waals surface area contributed by atoms with Crippen LogP contribution in [-0.4, -0.2) is 50.5 Å². The summed E-state index contributed by atoms with van der Waals surface area (Å²) in [5.74, 6) is 0.816. The molecule has 0 atom stereocenters. The minimum atomic E-state index is -4.27. The van der Waals surface area contributed by atoms with E-state index in [1.54, 1.807) is 12.1 Å². The van der Waals surface area contributed by atoms with Crippen molar-refractivity contribution in [1.29, 1.82) is 0 Å². The molecule has 1 aromatic carbocycles. The van der Waals surface area contributed by atoms with Gasteiger partial charge in [-0.1, -0.05) is 50.3 Å². The summed E-state index contributed by atoms with van der Waals surface area (Å²) < 4.78 is 32.3. The molecule has 0 saturated heterocycles. The molecule has 0 amide bonds. The summed E-state index contributed by atoms with van der Waals surface area (Å²) >= 11 is 5.70. The summed E-state index contributed by atoms with van der Waals surface area (Å²) in [6.07, 6.45) is 10.8. The Kier molecular flexibility index (Phi) is 14.1. The molecule has 0 aliphatic rings. The Bertz CT molecular complexity index is 586. The summed E-state index contributed by atoms with van der Waals surface area (Å²) in [5, 5.41) is 0. The molecular weight excluding hydrogens is 382 g/mol. The lowest BCUT2D eigenvalue weighted by molar-refractivity contribution is -0.890. The van der Waals surface area contributed by atoms with Crippen LogP contribution in [0.15, 0.2) is 29.2 Å². The highest BCUT2D eigenvalue weighted by atomic mass is 35.5. The van der Waals surface area contributed by atoms with E-state index in [1.165, 1.54) is 81.1 Å². The van der Waals surface area contributed by atoms with E-state index in [2.05, 4.69) is 21.0 Å². The summed E-state index contributed by atoms with van der Waals surface area (Å²) in [4.78, 5) is -0.178. The molecule has 1 aromatic rings. The number of benzene rings is 1. The molecule has 0 saturated carbocycles. The molecule has 0 radical (unpaired) electrons. The fourth-order valence-electron chi connectivity index (χ4n) is 2.77. The molecule has 0 N–H and O–H groups in total. The Morgan fingerprint density at radius 1 is 0.889 bits per heavy atom. The highest BCUT2D eigenvalue weighted by Gasteiger charge is 2.13. The van der Waals surface area contributed by atoms with Crippen molar-refractivity contribution in [3.05, 3.63) is 29.8 Å². The van der Waals surface area contributed by atoms with Gasteiger partial charge in [-0.05, 0) is 44.7 Å². The largest absolute Gasteiger partial charge is 0.744 e. The zero-order chi connectivity index (χ0) is 20.8. The van der Waals surface area contributed by atoms with Crippen LogP contribution in [0.1, 0.15) is 63.9 Å². The van der Waals surface area contributed by atoms with E-state index in [4.69, 9.17) is 11.6 Å². The first-order valence-electron chi connectivity index (χ1n) is 10.0. The Morgan fingerprint density at radius 2 is 1.37 bits per heavy atom. The summed E-state index contributed by atoms with van der Waals surface area (Å²) in [7, 11) is 0.425. The van der Waals surface area contributed by atoms with Gasteiger partial charge in [0.1, 0.15) is 10.1 Å². The predicted octanol–water partition coefficient (Wildman–Crippen LogP) is 5.34. The van der Waals surface area contributed by atoms with Gasteiger partial charge in [0.05, 0.1) is 32.1 Å². The Hall–Kier alpha value is -0.620. The molecule has 4 nitrogen and oxygen atoms in total. The topological polar surface area (TPSA) is 57.2 Å². The summed E-state index contributed by atoms with van der Waals surface area (Å²) in [6, 6.07) is 5.78. The second-order valence-electron chi connectivity index (χ2n) is 7.81. The number of quaternary nitrogens is 1. The molecule has 1 rings (SSSR count). The molecule has 0 aliphatic heterocycles. The maximum atomic E-state index is 10.4. The van der Waals surface area contributed by atoms with Crippen molar-refractivity contribution >= 4 is 21.7 Å². The highest BCUT2D eigenvalue weighted by Crippen LogP contribution is 2.10. The SMILES string of the molecule is CCCCCCCC[N+](C)(C)CCCCCl.Cc1ccc(S(=O)(=O)[O-])cc1. The Balaban J connectivity index is 0.000000533. The van der Waals surface area contributed by atoms with Gasteiger partial charge in [0.15, 0.2) is 0 Å². The van der Waals surface area contributed by atoms with Gasteiger partial charge in [0, 0.05) is 5.88 Å². The minimum Gasteiger partial charge on any atom is -0.744 e. The van der Waals surface area contributed by atoms with Gasteiger partial charge in [-0.2, -0.15) is 0 Å². The lowest BCUT2D eigenvalue weighted by atomic mass is 10.1. The van der Waals surface area contributed by atoms with E-state index in [0.717, 1.165) is 11.4 Å². The van der Waals surface area contributed by atoms with E-state index < -0.39 is 10.1 Å². The van der Waals surface area contributed by atoms with Crippen molar-refractivity contribution in [1.82, 2.24) is 0 Å². The van der Waals surface area contributed by atoms with Crippen molar-refractivity contribution in [2.45, 2.75) is 70.1 Å². The Labute approximate surface area is 172 Å². The second-order valence-corrected chi connectivity index (χ2v) is 9.57. The zero-order valence-electron chi connectivity index (χ0n) is 17.5. The maximum Gasteiger partial charge on any atom is 0.124 e. The average molecular weight is 420 g/mol. The van der Waals surface area contributed by atoms with Gasteiger partial charge in [-0.25, -0.2) is 8.42 Å². The third kappa shape index (κ3) is 15.0. The number of aryl methyl sites for hydroxylation is 1. The van der Waals surface area contributed by atoms with E-state index in [0.29, 0.717) is 0 Å². The first-order chi connectivity index (χ1) is 12.6. The van der Waals surface area contributed by atoms with Crippen molar-refractivity contribution in [2.75, 3.05) is 33.1 Å². The van der Waals surface area contributed by atoms with E-state index >= 15 is 0 Å². The summed E-state index contributed by atoms with van der Waals surface area (Å²) in [6.45, 7) is 6.70. The average Bonchev–Trinajstić information content (AvgIpc) is 2.58. The molecule has 0 aliphatic carbocycles. The smallest absolute Gasteiger partial charge is 0.124 e. The fraction of sp³-hybridized carbons (Fsp3) is 0.714. The van der Waals surface area contributed by atoms with Crippen LogP contribution in [0.3, 0.4) is 0 Å². The Morgan fingerprint density at radius 3 is 1.85 bits per heavy atom. The number of halogens is 1. The monoisotopic (exact) mass is 419 g/mol. The van der Waals surface area contributed by atoms with Crippen molar-refractivity contribution in [3.8, 4) is 0 Å². The van der Waals surface area contributed by atoms with Gasteiger partial charge >= 0.3 is 0 Å². The normalized spacial score (nSPS) is 11.8. The molecule has 0 bridgehead atoms. The molecule has 6 heteroatoms. The third-order valence-corrected chi connectivity index (χ3v) is 5.69. The number of hydrogen-bond acceptors (Lipinski definition) is 3. The number of alkyl halides is 1. The third-order valence-electron chi connectivity index (χ3n) is 4.57. The second kappa shape index (κ2) is 14.4. The number of nitrogens with zero attached hydrogens (tertiary/aromatic N) is 1.